The van der Waals surface area contributed by atoms with Crippen LogP contribution in [-0.4, -0.2) is 40.8 Å². The van der Waals surface area contributed by atoms with Gasteiger partial charge in [-0.15, -0.1) is 0 Å². The van der Waals surface area contributed by atoms with Gasteiger partial charge in [0.2, 0.25) is 5.91 Å². The van der Waals surface area contributed by atoms with Crippen LogP contribution in [0.5, 0.6) is 0 Å². The fraction of sp³-hybridized carbons (Fsp3) is 0.333. The van der Waals surface area contributed by atoms with Gasteiger partial charge in [0.05, 0.1) is 6.61 Å². The number of carboxylic acids is 1. The zero-order chi connectivity index (χ0) is 13.5. The normalized spacial score (nSPS) is 13.7. The fourth-order valence-electron chi connectivity index (χ4n) is 1.41. The lowest BCUT2D eigenvalue weighted by Crippen LogP contribution is -2.50. The van der Waals surface area contributed by atoms with Crippen molar-refractivity contribution in [3.05, 3.63) is 35.9 Å². The third-order valence-electron chi connectivity index (χ3n) is 2.43. The molecular formula is C12H16N2O4. The van der Waals surface area contributed by atoms with E-state index in [1.165, 1.54) is 0 Å². The van der Waals surface area contributed by atoms with Gasteiger partial charge in [-0.25, -0.2) is 4.79 Å². The molecule has 0 aliphatic rings. The van der Waals surface area contributed by atoms with Crippen molar-refractivity contribution in [3.8, 4) is 0 Å². The third kappa shape index (κ3) is 4.15. The lowest BCUT2D eigenvalue weighted by molar-refractivity contribution is -0.142. The molecule has 1 amide bonds. The van der Waals surface area contributed by atoms with Gasteiger partial charge in [0, 0.05) is 6.42 Å². The maximum Gasteiger partial charge on any atom is 0.326 e. The number of aliphatic hydroxyl groups excluding tert-OH is 1. The van der Waals surface area contributed by atoms with Crippen molar-refractivity contribution < 1.29 is 19.8 Å². The summed E-state index contributed by atoms with van der Waals surface area (Å²) in [7, 11) is 0. The molecule has 98 valence electrons. The summed E-state index contributed by atoms with van der Waals surface area (Å²) in [6.45, 7) is -0.524. The molecule has 0 bridgehead atoms. The molecule has 2 unspecified atom stereocenters. The van der Waals surface area contributed by atoms with Crippen molar-refractivity contribution in [1.29, 1.82) is 0 Å². The van der Waals surface area contributed by atoms with Crippen LogP contribution in [0.1, 0.15) is 5.56 Å². The van der Waals surface area contributed by atoms with Crippen LogP contribution < -0.4 is 11.1 Å². The van der Waals surface area contributed by atoms with Gasteiger partial charge in [0.25, 0.3) is 0 Å². The summed E-state index contributed by atoms with van der Waals surface area (Å²) in [6.07, 6.45) is 0.167. The Labute approximate surface area is 104 Å². The molecule has 0 spiro atoms. The summed E-state index contributed by atoms with van der Waals surface area (Å²) in [6, 6.07) is 6.77. The zero-order valence-electron chi connectivity index (χ0n) is 9.74. The number of hydrogen-bond donors (Lipinski definition) is 4. The van der Waals surface area contributed by atoms with Crippen LogP contribution in [0.3, 0.4) is 0 Å². The number of benzene rings is 1. The van der Waals surface area contributed by atoms with E-state index in [2.05, 4.69) is 5.32 Å². The quantitative estimate of drug-likeness (QED) is 0.525. The van der Waals surface area contributed by atoms with Gasteiger partial charge in [-0.2, -0.15) is 0 Å². The smallest absolute Gasteiger partial charge is 0.326 e. The molecule has 5 N–H and O–H groups in total. The number of aliphatic hydroxyl groups is 1. The second kappa shape index (κ2) is 6.73. The first-order valence-corrected chi connectivity index (χ1v) is 5.48. The first kappa shape index (κ1) is 14.1. The van der Waals surface area contributed by atoms with E-state index in [1.807, 2.05) is 6.07 Å². The Morgan fingerprint density at radius 1 is 1.28 bits per heavy atom. The fourth-order valence-corrected chi connectivity index (χ4v) is 1.41. The molecule has 6 heteroatoms. The Morgan fingerprint density at radius 2 is 1.89 bits per heavy atom. The second-order valence-electron chi connectivity index (χ2n) is 3.88. The minimum absolute atomic E-state index is 0.167. The number of aliphatic carboxylic acids is 1. The topological polar surface area (TPSA) is 113 Å². The Hall–Kier alpha value is -1.92. The number of carbonyl (C=O) groups is 2. The molecule has 2 atom stereocenters. The van der Waals surface area contributed by atoms with Crippen LogP contribution in [0.15, 0.2) is 30.3 Å². The predicted octanol–water partition coefficient (Wildman–Crippen LogP) is -0.882. The van der Waals surface area contributed by atoms with Gasteiger partial charge >= 0.3 is 5.97 Å². The first-order valence-electron chi connectivity index (χ1n) is 5.48. The Morgan fingerprint density at radius 3 is 2.39 bits per heavy atom. The highest BCUT2D eigenvalue weighted by molar-refractivity contribution is 5.87. The summed E-state index contributed by atoms with van der Waals surface area (Å²) in [5.41, 5.74) is 6.10. The molecule has 1 rings (SSSR count). The van der Waals surface area contributed by atoms with Crippen LogP contribution in [-0.2, 0) is 16.0 Å². The molecular weight excluding hydrogens is 236 g/mol. The summed E-state index contributed by atoms with van der Waals surface area (Å²) < 4.78 is 0. The Kier molecular flexibility index (Phi) is 5.29. The summed E-state index contributed by atoms with van der Waals surface area (Å²) in [5, 5.41) is 20.0. The molecule has 1 aromatic carbocycles. The molecule has 0 saturated carbocycles. The summed E-state index contributed by atoms with van der Waals surface area (Å²) in [4.78, 5) is 22.5. The van der Waals surface area contributed by atoms with Gasteiger partial charge in [-0.05, 0) is 5.56 Å². The maximum absolute atomic E-state index is 11.4. The predicted molar refractivity (Wildman–Crippen MR) is 64.8 cm³/mol. The monoisotopic (exact) mass is 252 g/mol. The van der Waals surface area contributed by atoms with Gasteiger partial charge < -0.3 is 21.3 Å². The molecule has 6 nitrogen and oxygen atoms in total. The van der Waals surface area contributed by atoms with E-state index in [9.17, 15) is 9.59 Å². The molecule has 0 heterocycles. The van der Waals surface area contributed by atoms with Gasteiger partial charge in [-0.3, -0.25) is 4.79 Å². The number of rotatable bonds is 6. The number of carbonyl (C=O) groups excluding carboxylic acids is 1. The molecule has 0 aliphatic heterocycles. The van der Waals surface area contributed by atoms with E-state index in [4.69, 9.17) is 15.9 Å². The van der Waals surface area contributed by atoms with E-state index in [0.717, 1.165) is 5.56 Å². The van der Waals surface area contributed by atoms with Crippen molar-refractivity contribution in [2.45, 2.75) is 18.5 Å². The highest BCUT2D eigenvalue weighted by Gasteiger charge is 2.23. The lowest BCUT2D eigenvalue weighted by atomic mass is 10.1. The number of nitrogens with one attached hydrogen (secondary N) is 1. The average Bonchev–Trinajstić information content (AvgIpc) is 2.37. The second-order valence-corrected chi connectivity index (χ2v) is 3.88. The van der Waals surface area contributed by atoms with E-state index in [-0.39, 0.29) is 6.42 Å². The van der Waals surface area contributed by atoms with Gasteiger partial charge in [-0.1, -0.05) is 30.3 Å². The van der Waals surface area contributed by atoms with Gasteiger partial charge in [0.15, 0.2) is 0 Å². The highest BCUT2D eigenvalue weighted by atomic mass is 16.4. The number of nitrogens with two attached hydrogens (primary N) is 1. The van der Waals surface area contributed by atoms with Crippen LogP contribution in [0, 0.1) is 0 Å². The minimum atomic E-state index is -1.14. The lowest BCUT2D eigenvalue weighted by Gasteiger charge is -2.16. The number of carboxylic acid groups (broad SMARTS) is 1. The first-order chi connectivity index (χ1) is 8.54. The largest absolute Gasteiger partial charge is 0.480 e. The van der Waals surface area contributed by atoms with Crippen LogP contribution in [0.25, 0.3) is 0 Å². The molecule has 0 saturated heterocycles. The third-order valence-corrected chi connectivity index (χ3v) is 2.43. The molecule has 1 aromatic rings. The molecule has 0 aliphatic carbocycles. The Balaban J connectivity index is 2.67. The van der Waals surface area contributed by atoms with E-state index < -0.39 is 30.6 Å². The van der Waals surface area contributed by atoms with Crippen LogP contribution in [0.4, 0.5) is 0 Å². The molecule has 0 fully saturated rings. The maximum atomic E-state index is 11.4. The van der Waals surface area contributed by atoms with E-state index in [0.29, 0.717) is 0 Å². The van der Waals surface area contributed by atoms with Crippen molar-refractivity contribution >= 4 is 11.9 Å². The highest BCUT2D eigenvalue weighted by Crippen LogP contribution is 2.03. The van der Waals surface area contributed by atoms with Crippen molar-refractivity contribution in [2.24, 2.45) is 5.73 Å². The van der Waals surface area contributed by atoms with Crippen molar-refractivity contribution in [2.75, 3.05) is 6.61 Å². The molecule has 18 heavy (non-hydrogen) atoms. The number of amides is 1. The molecule has 0 aromatic heterocycles. The van der Waals surface area contributed by atoms with Crippen molar-refractivity contribution in [3.63, 3.8) is 0 Å². The molecule has 0 radical (unpaired) electrons. The Bertz CT molecular complexity index is 408. The summed E-state index contributed by atoms with van der Waals surface area (Å²) >= 11 is 0. The van der Waals surface area contributed by atoms with E-state index in [1.54, 1.807) is 24.3 Å². The van der Waals surface area contributed by atoms with Gasteiger partial charge in [0.1, 0.15) is 12.1 Å². The summed E-state index contributed by atoms with van der Waals surface area (Å²) in [5.74, 6) is -1.82. The minimum Gasteiger partial charge on any atom is -0.480 e. The van der Waals surface area contributed by atoms with Crippen LogP contribution in [0.2, 0.25) is 0 Å². The average molecular weight is 252 g/mol. The van der Waals surface area contributed by atoms with Crippen LogP contribution >= 0.6 is 0 Å². The zero-order valence-corrected chi connectivity index (χ0v) is 9.74. The standard InChI is InChI=1S/C12H16N2O4/c13-9(7-15)11(16)14-10(12(17)18)6-8-4-2-1-3-5-8/h1-5,9-10,15H,6-7,13H2,(H,14,16)(H,17,18). The number of hydrogen-bond acceptors (Lipinski definition) is 4. The van der Waals surface area contributed by atoms with Crippen molar-refractivity contribution in [1.82, 2.24) is 5.32 Å². The SMILES string of the molecule is NC(CO)C(=O)NC(Cc1ccccc1)C(=O)O. The van der Waals surface area contributed by atoms with E-state index >= 15 is 0 Å².